The number of thiocarbonyl (C=S) groups is 1. The highest BCUT2D eigenvalue weighted by Crippen LogP contribution is 2.26. The summed E-state index contributed by atoms with van der Waals surface area (Å²) < 4.78 is 19.2. The lowest BCUT2D eigenvalue weighted by atomic mass is 9.89. The van der Waals surface area contributed by atoms with Crippen LogP contribution in [0.4, 0.5) is 4.39 Å². The van der Waals surface area contributed by atoms with E-state index in [-0.39, 0.29) is 16.9 Å². The van der Waals surface area contributed by atoms with E-state index in [0.29, 0.717) is 12.2 Å². The van der Waals surface area contributed by atoms with Crippen molar-refractivity contribution in [3.05, 3.63) is 35.1 Å². The van der Waals surface area contributed by atoms with E-state index in [2.05, 4.69) is 6.92 Å². The van der Waals surface area contributed by atoms with Gasteiger partial charge in [-0.1, -0.05) is 19.1 Å². The topological polar surface area (TPSA) is 35.2 Å². The van der Waals surface area contributed by atoms with Crippen molar-refractivity contribution < 1.29 is 9.13 Å². The molecule has 0 spiro atoms. The molecular formula is C15H20FNOS. The molecule has 0 saturated heterocycles. The smallest absolute Gasteiger partial charge is 0.123 e. The second kappa shape index (κ2) is 6.44. The van der Waals surface area contributed by atoms with E-state index in [9.17, 15) is 4.39 Å². The Bertz CT molecular complexity index is 455. The average Bonchev–Trinajstić information content (AvgIpc) is 2.38. The Labute approximate surface area is 119 Å². The number of halogens is 1. The van der Waals surface area contributed by atoms with Gasteiger partial charge in [0.25, 0.3) is 0 Å². The molecule has 0 amide bonds. The van der Waals surface area contributed by atoms with Gasteiger partial charge in [-0.2, -0.15) is 0 Å². The second-order valence-electron chi connectivity index (χ2n) is 5.36. The summed E-state index contributed by atoms with van der Waals surface area (Å²) in [6.07, 6.45) is 4.85. The van der Waals surface area contributed by atoms with Crippen molar-refractivity contribution in [3.8, 4) is 0 Å². The molecule has 0 atom stereocenters. The molecule has 1 fully saturated rings. The standard InChI is InChI=1S/C15H20FNOS/c1-10-2-5-13(6-3-10)18-9-11-8-12(16)4-7-14(11)15(17)19/h4,7-8,10,13H,2-3,5-6,9H2,1H3,(H2,17,19). The molecule has 2 rings (SSSR count). The molecule has 0 heterocycles. The summed E-state index contributed by atoms with van der Waals surface area (Å²) in [7, 11) is 0. The van der Waals surface area contributed by atoms with Crippen LogP contribution < -0.4 is 5.73 Å². The molecule has 0 aliphatic heterocycles. The van der Waals surface area contributed by atoms with Crippen molar-refractivity contribution in [1.82, 2.24) is 0 Å². The summed E-state index contributed by atoms with van der Waals surface area (Å²) in [5, 5.41) is 0. The van der Waals surface area contributed by atoms with E-state index in [1.54, 1.807) is 6.07 Å². The van der Waals surface area contributed by atoms with Crippen molar-refractivity contribution in [3.63, 3.8) is 0 Å². The van der Waals surface area contributed by atoms with Gasteiger partial charge < -0.3 is 10.5 Å². The molecule has 0 radical (unpaired) electrons. The summed E-state index contributed by atoms with van der Waals surface area (Å²) in [6, 6.07) is 4.46. The molecule has 1 aliphatic carbocycles. The summed E-state index contributed by atoms with van der Waals surface area (Å²) in [5.41, 5.74) is 7.10. The zero-order chi connectivity index (χ0) is 13.8. The Kier molecular flexibility index (Phi) is 4.88. The van der Waals surface area contributed by atoms with Crippen LogP contribution in [0.25, 0.3) is 0 Å². The van der Waals surface area contributed by atoms with Gasteiger partial charge in [0.15, 0.2) is 0 Å². The van der Waals surface area contributed by atoms with Gasteiger partial charge in [0, 0.05) is 5.56 Å². The van der Waals surface area contributed by atoms with Gasteiger partial charge in [-0.05, 0) is 55.4 Å². The predicted molar refractivity (Wildman–Crippen MR) is 78.5 cm³/mol. The number of nitrogens with two attached hydrogens (primary N) is 1. The van der Waals surface area contributed by atoms with Crippen LogP contribution in [0.5, 0.6) is 0 Å². The van der Waals surface area contributed by atoms with Crippen molar-refractivity contribution in [1.29, 1.82) is 0 Å². The SMILES string of the molecule is CC1CCC(OCc2cc(F)ccc2C(N)=S)CC1. The van der Waals surface area contributed by atoms with Gasteiger partial charge in [-0.15, -0.1) is 0 Å². The molecule has 104 valence electrons. The van der Waals surface area contributed by atoms with Crippen molar-refractivity contribution in [2.75, 3.05) is 0 Å². The average molecular weight is 281 g/mol. The number of rotatable bonds is 4. The maximum atomic E-state index is 13.3. The summed E-state index contributed by atoms with van der Waals surface area (Å²) in [6.45, 7) is 2.65. The normalized spacial score (nSPS) is 23.3. The molecule has 1 saturated carbocycles. The molecule has 0 aromatic heterocycles. The minimum absolute atomic E-state index is 0.277. The highest BCUT2D eigenvalue weighted by Gasteiger charge is 2.19. The van der Waals surface area contributed by atoms with Crippen LogP contribution in [0.1, 0.15) is 43.7 Å². The van der Waals surface area contributed by atoms with Crippen LogP contribution in [0, 0.1) is 11.7 Å². The Morgan fingerprint density at radius 1 is 1.37 bits per heavy atom. The fraction of sp³-hybridized carbons (Fsp3) is 0.533. The Morgan fingerprint density at radius 2 is 2.05 bits per heavy atom. The third-order valence-corrected chi connectivity index (χ3v) is 3.99. The molecule has 2 nitrogen and oxygen atoms in total. The van der Waals surface area contributed by atoms with E-state index in [4.69, 9.17) is 22.7 Å². The molecule has 19 heavy (non-hydrogen) atoms. The first-order valence-electron chi connectivity index (χ1n) is 6.76. The predicted octanol–water partition coefficient (Wildman–Crippen LogP) is 3.56. The molecule has 1 aliphatic rings. The van der Waals surface area contributed by atoms with Crippen LogP contribution in [0.3, 0.4) is 0 Å². The van der Waals surface area contributed by atoms with Crippen LogP contribution in [-0.2, 0) is 11.3 Å². The summed E-state index contributed by atoms with van der Waals surface area (Å²) in [4.78, 5) is 0.288. The van der Waals surface area contributed by atoms with Gasteiger partial charge in [0.05, 0.1) is 12.7 Å². The fourth-order valence-corrected chi connectivity index (χ4v) is 2.73. The number of ether oxygens (including phenoxy) is 1. The van der Waals surface area contributed by atoms with Crippen LogP contribution >= 0.6 is 12.2 Å². The van der Waals surface area contributed by atoms with E-state index in [1.807, 2.05) is 0 Å². The van der Waals surface area contributed by atoms with E-state index in [0.717, 1.165) is 24.3 Å². The third-order valence-electron chi connectivity index (χ3n) is 3.77. The van der Waals surface area contributed by atoms with E-state index >= 15 is 0 Å². The molecule has 2 N–H and O–H groups in total. The van der Waals surface area contributed by atoms with Gasteiger partial charge in [-0.25, -0.2) is 4.39 Å². The third kappa shape index (κ3) is 3.98. The first kappa shape index (κ1) is 14.4. The van der Waals surface area contributed by atoms with E-state index < -0.39 is 0 Å². The number of benzene rings is 1. The minimum Gasteiger partial charge on any atom is -0.389 e. The van der Waals surface area contributed by atoms with Crippen molar-refractivity contribution in [2.24, 2.45) is 11.7 Å². The Morgan fingerprint density at radius 3 is 2.68 bits per heavy atom. The summed E-state index contributed by atoms with van der Waals surface area (Å²) in [5.74, 6) is 0.511. The number of hydrogen-bond acceptors (Lipinski definition) is 2. The van der Waals surface area contributed by atoms with Crippen LogP contribution in [0.2, 0.25) is 0 Å². The maximum Gasteiger partial charge on any atom is 0.123 e. The first-order valence-corrected chi connectivity index (χ1v) is 7.17. The molecule has 1 aromatic carbocycles. The highest BCUT2D eigenvalue weighted by atomic mass is 32.1. The first-order chi connectivity index (χ1) is 9.06. The molecule has 0 bridgehead atoms. The molecule has 0 unspecified atom stereocenters. The van der Waals surface area contributed by atoms with E-state index in [1.165, 1.54) is 25.0 Å². The van der Waals surface area contributed by atoms with Gasteiger partial charge >= 0.3 is 0 Å². The zero-order valence-electron chi connectivity index (χ0n) is 11.2. The lowest BCUT2D eigenvalue weighted by molar-refractivity contribution is 0.00863. The fourth-order valence-electron chi connectivity index (χ4n) is 2.53. The Balaban J connectivity index is 1.98. The second-order valence-corrected chi connectivity index (χ2v) is 5.80. The number of hydrogen-bond donors (Lipinski definition) is 1. The maximum absolute atomic E-state index is 13.3. The lowest BCUT2D eigenvalue weighted by Gasteiger charge is -2.26. The molecule has 4 heteroatoms. The quantitative estimate of drug-likeness (QED) is 0.857. The molecular weight excluding hydrogens is 261 g/mol. The monoisotopic (exact) mass is 281 g/mol. The van der Waals surface area contributed by atoms with Gasteiger partial charge in [-0.3, -0.25) is 0 Å². The van der Waals surface area contributed by atoms with Crippen molar-refractivity contribution in [2.45, 2.75) is 45.3 Å². The molecule has 1 aromatic rings. The van der Waals surface area contributed by atoms with Crippen LogP contribution in [-0.4, -0.2) is 11.1 Å². The zero-order valence-corrected chi connectivity index (χ0v) is 12.0. The Hall–Kier alpha value is -1.00. The van der Waals surface area contributed by atoms with Gasteiger partial charge in [0.1, 0.15) is 10.8 Å². The van der Waals surface area contributed by atoms with Crippen LogP contribution in [0.15, 0.2) is 18.2 Å². The largest absolute Gasteiger partial charge is 0.389 e. The summed E-state index contributed by atoms with van der Waals surface area (Å²) >= 11 is 4.98. The minimum atomic E-state index is -0.282. The van der Waals surface area contributed by atoms with Crippen molar-refractivity contribution >= 4 is 17.2 Å². The highest BCUT2D eigenvalue weighted by molar-refractivity contribution is 7.80. The lowest BCUT2D eigenvalue weighted by Crippen LogP contribution is -2.21. The van der Waals surface area contributed by atoms with Gasteiger partial charge in [0.2, 0.25) is 0 Å².